The zero-order valence-electron chi connectivity index (χ0n) is 5.76. The van der Waals surface area contributed by atoms with Gasteiger partial charge in [0.05, 0.1) is 0 Å². The molecule has 0 N–H and O–H groups in total. The van der Waals surface area contributed by atoms with Gasteiger partial charge >= 0.3 is 76.1 Å². The van der Waals surface area contributed by atoms with Crippen molar-refractivity contribution in [2.24, 2.45) is 0 Å². The number of carbonyl (C=O) groups is 2. The molecule has 0 aromatic heterocycles. The first-order chi connectivity index (χ1) is 5.68. The first-order valence-corrected chi connectivity index (χ1v) is 3.68. The van der Waals surface area contributed by atoms with Crippen LogP contribution in [0.3, 0.4) is 0 Å². The van der Waals surface area contributed by atoms with Gasteiger partial charge in [-0.1, -0.05) is 0 Å². The molecule has 1 aliphatic rings. The minimum atomic E-state index is -0.613. The molecular formula is C8H3CuO3. The van der Waals surface area contributed by atoms with Crippen molar-refractivity contribution in [3.63, 3.8) is 0 Å². The monoisotopic (exact) mass is 210 g/mol. The Balaban J connectivity index is 2.68. The minimum absolute atomic E-state index is 0.266. The molecule has 1 aromatic rings. The summed E-state index contributed by atoms with van der Waals surface area (Å²) in [6.07, 6.45) is 0. The number of esters is 2. The normalized spacial score (nSPS) is 14.5. The van der Waals surface area contributed by atoms with Crippen LogP contribution in [-0.2, 0) is 20.7 Å². The van der Waals surface area contributed by atoms with Gasteiger partial charge in [0.2, 0.25) is 0 Å². The molecule has 0 saturated carbocycles. The molecule has 0 fully saturated rings. The Labute approximate surface area is 76.5 Å². The summed E-state index contributed by atoms with van der Waals surface area (Å²) < 4.78 is 4.87. The molecule has 0 aliphatic carbocycles. The molecule has 2 rings (SSSR count). The van der Waals surface area contributed by atoms with Crippen LogP contribution < -0.4 is 4.46 Å². The summed E-state index contributed by atoms with van der Waals surface area (Å²) >= 11 is 4.97. The second-order valence-electron chi connectivity index (χ2n) is 2.32. The first kappa shape index (κ1) is 7.52. The van der Waals surface area contributed by atoms with Crippen molar-refractivity contribution in [1.29, 1.82) is 0 Å². The second-order valence-corrected chi connectivity index (χ2v) is 2.87. The summed E-state index contributed by atoms with van der Waals surface area (Å²) in [4.78, 5) is 21.8. The van der Waals surface area contributed by atoms with E-state index in [4.69, 9.17) is 16.0 Å². The van der Waals surface area contributed by atoms with Gasteiger partial charge in [0.1, 0.15) is 0 Å². The molecule has 0 spiro atoms. The van der Waals surface area contributed by atoms with E-state index in [1.165, 1.54) is 12.1 Å². The summed E-state index contributed by atoms with van der Waals surface area (Å²) in [7, 11) is 0. The van der Waals surface area contributed by atoms with E-state index in [0.717, 1.165) is 0 Å². The molecule has 0 bridgehead atoms. The zero-order chi connectivity index (χ0) is 8.72. The van der Waals surface area contributed by atoms with Crippen molar-refractivity contribution < 1.29 is 30.3 Å². The number of cyclic esters (lactones) is 2. The Kier molecular flexibility index (Phi) is 1.53. The van der Waals surface area contributed by atoms with Crippen molar-refractivity contribution >= 4 is 16.4 Å². The molecule has 64 valence electrons. The van der Waals surface area contributed by atoms with Crippen LogP contribution in [0.15, 0.2) is 18.2 Å². The van der Waals surface area contributed by atoms with Crippen LogP contribution in [-0.4, -0.2) is 11.9 Å². The summed E-state index contributed by atoms with van der Waals surface area (Å²) in [5.41, 5.74) is 0.562. The van der Waals surface area contributed by atoms with Crippen LogP contribution in [0.4, 0.5) is 0 Å². The number of ether oxygens (including phenoxy) is 1. The van der Waals surface area contributed by atoms with Gasteiger partial charge in [0.25, 0.3) is 0 Å². The van der Waals surface area contributed by atoms with Crippen LogP contribution in [0, 0.1) is 0 Å². The molecule has 0 amide bonds. The number of rotatable bonds is 0. The molecule has 1 aliphatic heterocycles. The Bertz CT molecular complexity index is 384. The molecule has 1 aromatic carbocycles. The molecule has 0 saturated heterocycles. The van der Waals surface area contributed by atoms with E-state index in [1.807, 2.05) is 0 Å². The van der Waals surface area contributed by atoms with Gasteiger partial charge in [-0.25, -0.2) is 0 Å². The van der Waals surface area contributed by atoms with Crippen molar-refractivity contribution in [2.75, 3.05) is 0 Å². The SMILES string of the molecule is O=C1OC(=O)c2c[c]([Cu])ccc21. The van der Waals surface area contributed by atoms with Crippen LogP contribution in [0.2, 0.25) is 0 Å². The predicted octanol–water partition coefficient (Wildman–Crippen LogP) is 0.169. The predicted molar refractivity (Wildman–Crippen MR) is 35.8 cm³/mol. The van der Waals surface area contributed by atoms with E-state index < -0.39 is 11.9 Å². The fraction of sp³-hybridized carbons (Fsp3) is 0. The maximum absolute atomic E-state index is 10.9. The quantitative estimate of drug-likeness (QED) is 0.348. The molecule has 4 heteroatoms. The van der Waals surface area contributed by atoms with E-state index >= 15 is 0 Å². The molecule has 0 atom stereocenters. The van der Waals surface area contributed by atoms with Gasteiger partial charge in [-0.15, -0.1) is 0 Å². The first-order valence-electron chi connectivity index (χ1n) is 3.21. The second kappa shape index (κ2) is 2.44. The van der Waals surface area contributed by atoms with Gasteiger partial charge in [0, 0.05) is 0 Å². The van der Waals surface area contributed by atoms with Crippen LogP contribution >= 0.6 is 0 Å². The van der Waals surface area contributed by atoms with Gasteiger partial charge in [0.15, 0.2) is 0 Å². The van der Waals surface area contributed by atoms with Crippen molar-refractivity contribution in [1.82, 2.24) is 0 Å². The Hall–Kier alpha value is -1.12. The van der Waals surface area contributed by atoms with E-state index in [0.29, 0.717) is 10.0 Å². The number of fused-ring (bicyclic) bond motifs is 1. The third kappa shape index (κ3) is 0.967. The van der Waals surface area contributed by atoms with Crippen molar-refractivity contribution in [2.45, 2.75) is 0 Å². The van der Waals surface area contributed by atoms with Crippen molar-refractivity contribution in [3.8, 4) is 0 Å². The fourth-order valence-corrected chi connectivity index (χ4v) is 1.25. The van der Waals surface area contributed by atoms with Gasteiger partial charge in [-0.3, -0.25) is 0 Å². The Morgan fingerprint density at radius 2 is 1.75 bits per heavy atom. The Morgan fingerprint density at radius 3 is 2.50 bits per heavy atom. The number of carbonyl (C=O) groups excluding carboxylic acids is 2. The third-order valence-corrected chi connectivity index (χ3v) is 1.88. The van der Waals surface area contributed by atoms with Crippen LogP contribution in [0.25, 0.3) is 0 Å². The zero-order valence-corrected chi connectivity index (χ0v) is 6.70. The van der Waals surface area contributed by atoms with Crippen LogP contribution in [0.1, 0.15) is 20.7 Å². The molecule has 12 heavy (non-hydrogen) atoms. The standard InChI is InChI=1S/C8H3O3.Cu/c9-7-5-3-1-2-4-6(5)8(10)11-7;/h1,3-4H;. The van der Waals surface area contributed by atoms with E-state index in [-0.39, 0.29) is 5.56 Å². The maximum atomic E-state index is 10.9. The molecule has 0 radical (unpaired) electrons. The van der Waals surface area contributed by atoms with Gasteiger partial charge in [-0.2, -0.15) is 0 Å². The number of hydrogen-bond donors (Lipinski definition) is 0. The molecule has 1 heterocycles. The van der Waals surface area contributed by atoms with Crippen molar-refractivity contribution in [3.05, 3.63) is 29.3 Å². The molecule has 3 nitrogen and oxygen atoms in total. The summed E-state index contributed by atoms with van der Waals surface area (Å²) in [5, 5.41) is 0. The van der Waals surface area contributed by atoms with E-state index in [9.17, 15) is 9.59 Å². The summed E-state index contributed by atoms with van der Waals surface area (Å²) in [6.45, 7) is 0. The average Bonchev–Trinajstić information content (AvgIpc) is 2.28. The molecule has 0 unspecified atom stereocenters. The molecular weight excluding hydrogens is 208 g/mol. The third-order valence-electron chi connectivity index (χ3n) is 1.58. The Morgan fingerprint density at radius 1 is 1.08 bits per heavy atom. The summed E-state index contributed by atoms with van der Waals surface area (Å²) in [5.74, 6) is -1.21. The summed E-state index contributed by atoms with van der Waals surface area (Å²) in [6, 6.07) is 4.54. The number of hydrogen-bond acceptors (Lipinski definition) is 3. The fourth-order valence-electron chi connectivity index (χ4n) is 1.04. The van der Waals surface area contributed by atoms with Gasteiger partial charge < -0.3 is 0 Å². The van der Waals surface area contributed by atoms with Crippen LogP contribution in [0.5, 0.6) is 0 Å². The number of benzene rings is 1. The van der Waals surface area contributed by atoms with E-state index in [2.05, 4.69) is 4.74 Å². The topological polar surface area (TPSA) is 43.4 Å². The van der Waals surface area contributed by atoms with Gasteiger partial charge in [-0.05, 0) is 0 Å². The average molecular weight is 211 g/mol. The van der Waals surface area contributed by atoms with E-state index in [1.54, 1.807) is 6.07 Å².